The Morgan fingerprint density at radius 3 is 2.09 bits per heavy atom. The molecule has 0 aliphatic carbocycles. The van der Waals surface area contributed by atoms with Crippen LogP contribution in [0, 0.1) is 20.8 Å². The number of hydrogen-bond acceptors (Lipinski definition) is 2. The van der Waals surface area contributed by atoms with E-state index in [9.17, 15) is 9.59 Å². The van der Waals surface area contributed by atoms with E-state index in [4.69, 9.17) is 0 Å². The van der Waals surface area contributed by atoms with E-state index in [-0.39, 0.29) is 18.2 Å². The molecule has 0 heterocycles. The van der Waals surface area contributed by atoms with Gasteiger partial charge in [0.1, 0.15) is 6.42 Å². The SMILES string of the molecule is Cc1cc(C)cc(NC(=O)CC(=O)Nc2ccccc2C)c1. The number of hydrogen-bond donors (Lipinski definition) is 2. The molecule has 4 heteroatoms. The molecule has 0 spiro atoms. The summed E-state index contributed by atoms with van der Waals surface area (Å²) in [5.74, 6) is -0.646. The lowest BCUT2D eigenvalue weighted by atomic mass is 10.1. The Morgan fingerprint density at radius 1 is 0.864 bits per heavy atom. The monoisotopic (exact) mass is 296 g/mol. The first-order valence-electron chi connectivity index (χ1n) is 7.17. The van der Waals surface area contributed by atoms with Crippen LogP contribution < -0.4 is 10.6 Å². The second-order valence-corrected chi connectivity index (χ2v) is 5.46. The lowest BCUT2D eigenvalue weighted by Crippen LogP contribution is -2.21. The van der Waals surface area contributed by atoms with Crippen molar-refractivity contribution < 1.29 is 9.59 Å². The summed E-state index contributed by atoms with van der Waals surface area (Å²) in [6, 6.07) is 13.3. The molecule has 0 bridgehead atoms. The first-order chi connectivity index (χ1) is 10.4. The highest BCUT2D eigenvalue weighted by Gasteiger charge is 2.11. The predicted octanol–water partition coefficient (Wildman–Crippen LogP) is 3.58. The Morgan fingerprint density at radius 2 is 1.45 bits per heavy atom. The third-order valence-electron chi connectivity index (χ3n) is 3.25. The van der Waals surface area contributed by atoms with Crippen molar-refractivity contribution in [1.29, 1.82) is 0 Å². The lowest BCUT2D eigenvalue weighted by Gasteiger charge is -2.09. The maximum atomic E-state index is 11.9. The van der Waals surface area contributed by atoms with Gasteiger partial charge in [-0.05, 0) is 55.7 Å². The van der Waals surface area contributed by atoms with Crippen LogP contribution in [0.2, 0.25) is 0 Å². The van der Waals surface area contributed by atoms with E-state index in [1.165, 1.54) is 0 Å². The molecular weight excluding hydrogens is 276 g/mol. The molecule has 0 fully saturated rings. The molecule has 22 heavy (non-hydrogen) atoms. The third kappa shape index (κ3) is 4.45. The smallest absolute Gasteiger partial charge is 0.233 e. The summed E-state index contributed by atoms with van der Waals surface area (Å²) in [6.07, 6.45) is -0.207. The van der Waals surface area contributed by atoms with Crippen LogP contribution in [0.25, 0.3) is 0 Å². The van der Waals surface area contributed by atoms with Crippen LogP contribution in [-0.2, 0) is 9.59 Å². The van der Waals surface area contributed by atoms with E-state index < -0.39 is 0 Å². The molecule has 0 radical (unpaired) electrons. The molecule has 0 aliphatic rings. The molecule has 2 aromatic rings. The zero-order chi connectivity index (χ0) is 16.1. The van der Waals surface area contributed by atoms with Gasteiger partial charge in [-0.25, -0.2) is 0 Å². The molecule has 0 atom stereocenters. The van der Waals surface area contributed by atoms with Gasteiger partial charge in [0.25, 0.3) is 0 Å². The summed E-state index contributed by atoms with van der Waals surface area (Å²) >= 11 is 0. The second kappa shape index (κ2) is 6.89. The van der Waals surface area contributed by atoms with Gasteiger partial charge in [-0.15, -0.1) is 0 Å². The second-order valence-electron chi connectivity index (χ2n) is 5.46. The average molecular weight is 296 g/mol. The number of rotatable bonds is 4. The molecule has 114 valence electrons. The summed E-state index contributed by atoms with van der Waals surface area (Å²) in [6.45, 7) is 5.84. The highest BCUT2D eigenvalue weighted by atomic mass is 16.2. The number of carbonyl (C=O) groups is 2. The number of para-hydroxylation sites is 1. The number of amides is 2. The van der Waals surface area contributed by atoms with Gasteiger partial charge in [0.05, 0.1) is 0 Å². The Balaban J connectivity index is 1.94. The van der Waals surface area contributed by atoms with Crippen molar-refractivity contribution in [3.05, 3.63) is 59.2 Å². The number of carbonyl (C=O) groups excluding carboxylic acids is 2. The number of aryl methyl sites for hydroxylation is 3. The van der Waals surface area contributed by atoms with E-state index in [1.54, 1.807) is 0 Å². The third-order valence-corrected chi connectivity index (χ3v) is 3.25. The van der Waals surface area contributed by atoms with Crippen molar-refractivity contribution in [2.75, 3.05) is 10.6 Å². The highest BCUT2D eigenvalue weighted by molar-refractivity contribution is 6.08. The average Bonchev–Trinajstić information content (AvgIpc) is 2.39. The summed E-state index contributed by atoms with van der Waals surface area (Å²) in [5, 5.41) is 5.50. The Labute approximate surface area is 130 Å². The molecule has 2 N–H and O–H groups in total. The summed E-state index contributed by atoms with van der Waals surface area (Å²) in [7, 11) is 0. The van der Waals surface area contributed by atoms with Crippen LogP contribution in [0.3, 0.4) is 0 Å². The van der Waals surface area contributed by atoms with Gasteiger partial charge in [0.2, 0.25) is 11.8 Å². The van der Waals surface area contributed by atoms with E-state index in [1.807, 2.05) is 63.2 Å². The first-order valence-corrected chi connectivity index (χ1v) is 7.17. The van der Waals surface area contributed by atoms with Gasteiger partial charge < -0.3 is 10.6 Å². The van der Waals surface area contributed by atoms with Crippen LogP contribution in [-0.4, -0.2) is 11.8 Å². The van der Waals surface area contributed by atoms with Gasteiger partial charge in [0, 0.05) is 11.4 Å². The molecule has 0 unspecified atom stereocenters. The zero-order valence-electron chi connectivity index (χ0n) is 13.1. The number of nitrogens with one attached hydrogen (secondary N) is 2. The standard InChI is InChI=1S/C18H20N2O2/c1-12-8-13(2)10-15(9-12)19-17(21)11-18(22)20-16-7-5-4-6-14(16)3/h4-10H,11H2,1-3H3,(H,19,21)(H,20,22). The van der Waals surface area contributed by atoms with Crippen LogP contribution in [0.5, 0.6) is 0 Å². The molecule has 2 rings (SSSR count). The van der Waals surface area contributed by atoms with Crippen LogP contribution >= 0.6 is 0 Å². The Bertz CT molecular complexity index is 688. The molecule has 4 nitrogen and oxygen atoms in total. The van der Waals surface area contributed by atoms with Crippen molar-refractivity contribution in [3.63, 3.8) is 0 Å². The molecular formula is C18H20N2O2. The zero-order valence-corrected chi connectivity index (χ0v) is 13.1. The fourth-order valence-electron chi connectivity index (χ4n) is 2.31. The fraction of sp³-hybridized carbons (Fsp3) is 0.222. The van der Waals surface area contributed by atoms with Crippen LogP contribution in [0.15, 0.2) is 42.5 Å². The minimum absolute atomic E-state index is 0.207. The molecule has 2 aromatic carbocycles. The predicted molar refractivity (Wildman–Crippen MR) is 89.0 cm³/mol. The van der Waals surface area contributed by atoms with Crippen molar-refractivity contribution in [2.45, 2.75) is 27.2 Å². The van der Waals surface area contributed by atoms with E-state index >= 15 is 0 Å². The van der Waals surface area contributed by atoms with Gasteiger partial charge in [0.15, 0.2) is 0 Å². The first kappa shape index (κ1) is 15.8. The maximum absolute atomic E-state index is 11.9. The van der Waals surface area contributed by atoms with Gasteiger partial charge in [-0.3, -0.25) is 9.59 Å². The largest absolute Gasteiger partial charge is 0.326 e. The van der Waals surface area contributed by atoms with Gasteiger partial charge >= 0.3 is 0 Å². The maximum Gasteiger partial charge on any atom is 0.233 e. The van der Waals surface area contributed by atoms with Crippen molar-refractivity contribution in [3.8, 4) is 0 Å². The van der Waals surface area contributed by atoms with Crippen molar-refractivity contribution in [1.82, 2.24) is 0 Å². The van der Waals surface area contributed by atoms with E-state index in [0.29, 0.717) is 5.69 Å². The fourth-order valence-corrected chi connectivity index (χ4v) is 2.31. The van der Waals surface area contributed by atoms with Crippen LogP contribution in [0.1, 0.15) is 23.1 Å². The van der Waals surface area contributed by atoms with Gasteiger partial charge in [-0.1, -0.05) is 24.3 Å². The van der Waals surface area contributed by atoms with Crippen molar-refractivity contribution >= 4 is 23.2 Å². The minimum atomic E-state index is -0.323. The quantitative estimate of drug-likeness (QED) is 0.847. The summed E-state index contributed by atoms with van der Waals surface area (Å²) < 4.78 is 0. The molecule has 0 saturated heterocycles. The van der Waals surface area contributed by atoms with Gasteiger partial charge in [-0.2, -0.15) is 0 Å². The summed E-state index contributed by atoms with van der Waals surface area (Å²) in [5.41, 5.74) is 4.54. The normalized spacial score (nSPS) is 10.1. The number of anilines is 2. The topological polar surface area (TPSA) is 58.2 Å². The molecule has 0 aliphatic heterocycles. The number of benzene rings is 2. The molecule has 2 amide bonds. The lowest BCUT2D eigenvalue weighted by molar-refractivity contribution is -0.123. The Hall–Kier alpha value is -2.62. The highest BCUT2D eigenvalue weighted by Crippen LogP contribution is 2.15. The van der Waals surface area contributed by atoms with Crippen molar-refractivity contribution in [2.24, 2.45) is 0 Å². The minimum Gasteiger partial charge on any atom is -0.326 e. The Kier molecular flexibility index (Phi) is 4.94. The van der Waals surface area contributed by atoms with Crippen LogP contribution in [0.4, 0.5) is 11.4 Å². The molecule has 0 saturated carbocycles. The van der Waals surface area contributed by atoms with E-state index in [0.717, 1.165) is 22.4 Å². The summed E-state index contributed by atoms with van der Waals surface area (Å²) in [4.78, 5) is 23.9. The van der Waals surface area contributed by atoms with E-state index in [2.05, 4.69) is 10.6 Å². The molecule has 0 aromatic heterocycles.